The quantitative estimate of drug-likeness (QED) is 0.575. The highest BCUT2D eigenvalue weighted by Crippen LogP contribution is 2.21. The summed E-state index contributed by atoms with van der Waals surface area (Å²) in [5.41, 5.74) is 3.41. The van der Waals surface area contributed by atoms with Crippen LogP contribution in [0.2, 0.25) is 0 Å². The molecular weight excluding hydrogens is 398 g/mol. The van der Waals surface area contributed by atoms with Gasteiger partial charge in [-0.1, -0.05) is 72.8 Å². The van der Waals surface area contributed by atoms with Crippen LogP contribution >= 0.6 is 0 Å². The molecule has 0 saturated heterocycles. The number of rotatable bonds is 3. The number of fused-ring (bicyclic) bond motifs is 2. The van der Waals surface area contributed by atoms with E-state index >= 15 is 0 Å². The van der Waals surface area contributed by atoms with Crippen LogP contribution in [0, 0.1) is 0 Å². The van der Waals surface area contributed by atoms with Crippen LogP contribution < -0.4 is 0 Å². The molecule has 32 heavy (non-hydrogen) atoms. The second kappa shape index (κ2) is 8.40. The number of hydrogen-bond donors (Lipinski definition) is 0. The number of amidine groups is 2. The zero-order valence-electron chi connectivity index (χ0n) is 17.2. The number of hydrogen-bond acceptors (Lipinski definition) is 3. The van der Waals surface area contributed by atoms with E-state index < -0.39 is 5.91 Å². The molecule has 0 spiro atoms. The van der Waals surface area contributed by atoms with E-state index in [2.05, 4.69) is 9.98 Å². The van der Waals surface area contributed by atoms with E-state index in [9.17, 15) is 9.59 Å². The Bertz CT molecular complexity index is 1320. The zero-order chi connectivity index (χ0) is 21.9. The fraction of sp³-hybridized carbons (Fsp3) is 0.0370. The Morgan fingerprint density at radius 1 is 0.781 bits per heavy atom. The normalized spacial score (nSPS) is 15.6. The average molecular weight is 417 g/mol. The predicted molar refractivity (Wildman–Crippen MR) is 125 cm³/mol. The Morgan fingerprint density at radius 2 is 1.47 bits per heavy atom. The number of allylic oxidation sites excluding steroid dienone is 2. The van der Waals surface area contributed by atoms with Crippen LogP contribution in [-0.2, 0) is 6.54 Å². The molecule has 3 aromatic carbocycles. The van der Waals surface area contributed by atoms with Crippen molar-refractivity contribution < 1.29 is 9.59 Å². The van der Waals surface area contributed by atoms with Crippen molar-refractivity contribution in [2.45, 2.75) is 6.54 Å². The largest absolute Gasteiger partial charge is 0.329 e. The topological polar surface area (TPSA) is 62.1 Å². The van der Waals surface area contributed by atoms with Crippen molar-refractivity contribution in [1.82, 2.24) is 4.90 Å². The molecule has 0 unspecified atom stereocenters. The molecular formula is C27H19N3O2. The zero-order valence-corrected chi connectivity index (χ0v) is 17.2. The summed E-state index contributed by atoms with van der Waals surface area (Å²) in [5.74, 6) is 0.630. The third-order valence-corrected chi connectivity index (χ3v) is 5.37. The van der Waals surface area contributed by atoms with Crippen molar-refractivity contribution >= 4 is 23.4 Å². The molecule has 0 atom stereocenters. The maximum atomic E-state index is 13.0. The van der Waals surface area contributed by atoms with Crippen molar-refractivity contribution in [2.75, 3.05) is 0 Å². The first-order valence-corrected chi connectivity index (χ1v) is 10.3. The van der Waals surface area contributed by atoms with Gasteiger partial charge >= 0.3 is 0 Å². The molecule has 2 aliphatic rings. The van der Waals surface area contributed by atoms with Gasteiger partial charge < -0.3 is 4.90 Å². The van der Waals surface area contributed by atoms with Gasteiger partial charge in [0.05, 0.1) is 0 Å². The van der Waals surface area contributed by atoms with Gasteiger partial charge in [0.25, 0.3) is 5.91 Å². The number of amides is 1. The van der Waals surface area contributed by atoms with E-state index in [1.807, 2.05) is 71.8 Å². The molecule has 154 valence electrons. The highest BCUT2D eigenvalue weighted by atomic mass is 16.1. The maximum absolute atomic E-state index is 13.0. The molecule has 2 heterocycles. The number of carbonyl (C=O) groups excluding carboxylic acids is 2. The molecule has 0 fully saturated rings. The van der Waals surface area contributed by atoms with Crippen molar-refractivity contribution in [3.63, 3.8) is 0 Å². The predicted octanol–water partition coefficient (Wildman–Crippen LogP) is 4.80. The highest BCUT2D eigenvalue weighted by molar-refractivity contribution is 6.16. The van der Waals surface area contributed by atoms with Gasteiger partial charge in [-0.15, -0.1) is 0 Å². The minimum Gasteiger partial charge on any atom is -0.329 e. The summed E-state index contributed by atoms with van der Waals surface area (Å²) in [5, 5.41) is 0. The van der Waals surface area contributed by atoms with Gasteiger partial charge in [-0.3, -0.25) is 9.59 Å². The van der Waals surface area contributed by atoms with Gasteiger partial charge in [0.2, 0.25) is 0 Å². The van der Waals surface area contributed by atoms with Crippen molar-refractivity contribution in [3.05, 3.63) is 131 Å². The van der Waals surface area contributed by atoms with E-state index in [1.54, 1.807) is 36.4 Å². The van der Waals surface area contributed by atoms with Crippen molar-refractivity contribution in [3.8, 4) is 0 Å². The van der Waals surface area contributed by atoms with Gasteiger partial charge in [-0.2, -0.15) is 4.99 Å². The SMILES string of the molecule is O=C(N=C1N=C2C=CC=CN2Cc2ccccc21)c1ccc(C(=O)c2ccccc2)cc1. The molecule has 0 aliphatic carbocycles. The number of carbonyl (C=O) groups is 2. The van der Waals surface area contributed by atoms with Crippen LogP contribution in [0.3, 0.4) is 0 Å². The Labute approximate surface area is 185 Å². The third kappa shape index (κ3) is 3.84. The van der Waals surface area contributed by atoms with Crippen LogP contribution in [0.15, 0.2) is 113 Å². The fourth-order valence-electron chi connectivity index (χ4n) is 3.70. The smallest absolute Gasteiger partial charge is 0.279 e. The number of aliphatic imine (C=N–C) groups is 2. The fourth-order valence-corrected chi connectivity index (χ4v) is 3.70. The van der Waals surface area contributed by atoms with Gasteiger partial charge in [0.1, 0.15) is 5.84 Å². The molecule has 0 radical (unpaired) electrons. The summed E-state index contributed by atoms with van der Waals surface area (Å²) >= 11 is 0. The summed E-state index contributed by atoms with van der Waals surface area (Å²) in [7, 11) is 0. The van der Waals surface area contributed by atoms with E-state index in [4.69, 9.17) is 0 Å². The van der Waals surface area contributed by atoms with Gasteiger partial charge in [-0.25, -0.2) is 4.99 Å². The molecule has 0 saturated carbocycles. The van der Waals surface area contributed by atoms with Crippen LogP contribution in [0.4, 0.5) is 0 Å². The Kier molecular flexibility index (Phi) is 5.14. The van der Waals surface area contributed by atoms with E-state index in [0.29, 0.717) is 29.1 Å². The summed E-state index contributed by atoms with van der Waals surface area (Å²) in [6.45, 7) is 0.652. The van der Waals surface area contributed by atoms with E-state index in [0.717, 1.165) is 17.0 Å². The maximum Gasteiger partial charge on any atom is 0.279 e. The summed E-state index contributed by atoms with van der Waals surface area (Å²) < 4.78 is 0. The minimum absolute atomic E-state index is 0.0859. The first kappa shape index (κ1) is 19.6. The highest BCUT2D eigenvalue weighted by Gasteiger charge is 2.21. The summed E-state index contributed by atoms with van der Waals surface area (Å²) in [6, 6.07) is 23.5. The van der Waals surface area contributed by atoms with Gasteiger partial charge in [-0.05, 0) is 29.8 Å². The molecule has 5 heteroatoms. The minimum atomic E-state index is -0.401. The lowest BCUT2D eigenvalue weighted by Gasteiger charge is -2.20. The Hall–Kier alpha value is -4.38. The number of nitrogens with zero attached hydrogens (tertiary/aromatic N) is 3. The molecule has 5 rings (SSSR count). The van der Waals surface area contributed by atoms with Crippen LogP contribution in [0.25, 0.3) is 0 Å². The molecule has 5 nitrogen and oxygen atoms in total. The first-order chi connectivity index (χ1) is 15.7. The molecule has 0 aromatic heterocycles. The second-order valence-electron chi connectivity index (χ2n) is 7.47. The number of benzene rings is 3. The standard InChI is InChI=1S/C27H19N3O2/c31-25(19-8-2-1-3-9-19)20-13-15-21(16-14-20)27(32)29-26-23-11-5-4-10-22(23)18-30-17-7-6-12-24(30)28-26/h1-17H,18H2. The lowest BCUT2D eigenvalue weighted by atomic mass is 10.0. The lowest BCUT2D eigenvalue weighted by Crippen LogP contribution is -2.24. The molecule has 2 aliphatic heterocycles. The Balaban J connectivity index is 1.46. The molecule has 3 aromatic rings. The van der Waals surface area contributed by atoms with Crippen molar-refractivity contribution in [2.24, 2.45) is 9.98 Å². The van der Waals surface area contributed by atoms with Gasteiger partial charge in [0.15, 0.2) is 11.6 Å². The molecule has 0 N–H and O–H groups in total. The van der Waals surface area contributed by atoms with Crippen LogP contribution in [0.5, 0.6) is 0 Å². The lowest BCUT2D eigenvalue weighted by molar-refractivity contribution is 0.0999. The van der Waals surface area contributed by atoms with Crippen LogP contribution in [0.1, 0.15) is 37.4 Å². The molecule has 0 bridgehead atoms. The number of ketones is 1. The molecule has 1 amide bonds. The first-order valence-electron chi connectivity index (χ1n) is 10.3. The van der Waals surface area contributed by atoms with Crippen LogP contribution in [-0.4, -0.2) is 28.3 Å². The third-order valence-electron chi connectivity index (χ3n) is 5.37. The Morgan fingerprint density at radius 3 is 2.28 bits per heavy atom. The van der Waals surface area contributed by atoms with E-state index in [1.165, 1.54) is 0 Å². The van der Waals surface area contributed by atoms with Gasteiger partial charge in [0, 0.05) is 35.0 Å². The van der Waals surface area contributed by atoms with Crippen molar-refractivity contribution in [1.29, 1.82) is 0 Å². The summed E-state index contributed by atoms with van der Waals surface area (Å²) in [6.07, 6.45) is 7.72. The van der Waals surface area contributed by atoms with E-state index in [-0.39, 0.29) is 5.78 Å². The monoisotopic (exact) mass is 417 g/mol. The average Bonchev–Trinajstić information content (AvgIpc) is 3.00. The summed E-state index contributed by atoms with van der Waals surface area (Å²) in [4.78, 5) is 36.6. The second-order valence-corrected chi connectivity index (χ2v) is 7.47.